The Bertz CT molecular complexity index is 482. The van der Waals surface area contributed by atoms with Crippen LogP contribution in [0.2, 0.25) is 0 Å². The fourth-order valence-electron chi connectivity index (χ4n) is 1.96. The van der Waals surface area contributed by atoms with E-state index in [-0.39, 0.29) is 6.04 Å². The molecule has 0 spiro atoms. The van der Waals surface area contributed by atoms with Crippen LogP contribution in [-0.4, -0.2) is 16.5 Å². The first-order valence-corrected chi connectivity index (χ1v) is 6.38. The molecule has 3 nitrogen and oxygen atoms in total. The summed E-state index contributed by atoms with van der Waals surface area (Å²) in [4.78, 5) is 8.73. The van der Waals surface area contributed by atoms with E-state index in [1.54, 1.807) is 12.4 Å². The van der Waals surface area contributed by atoms with Crippen LogP contribution in [0.5, 0.6) is 0 Å². The highest BCUT2D eigenvalue weighted by Gasteiger charge is 2.15. The van der Waals surface area contributed by atoms with Crippen LogP contribution in [0, 0.1) is 6.92 Å². The Labute approximate surface area is 108 Å². The van der Waals surface area contributed by atoms with E-state index in [4.69, 9.17) is 0 Å². The van der Waals surface area contributed by atoms with Gasteiger partial charge in [0.05, 0.1) is 6.04 Å². The van der Waals surface area contributed by atoms with Crippen molar-refractivity contribution in [2.45, 2.75) is 26.3 Å². The molecule has 0 amide bonds. The van der Waals surface area contributed by atoms with Crippen molar-refractivity contribution >= 4 is 0 Å². The lowest BCUT2D eigenvalue weighted by Gasteiger charge is -2.17. The molecule has 0 aliphatic rings. The van der Waals surface area contributed by atoms with Gasteiger partial charge in [-0.05, 0) is 31.5 Å². The summed E-state index contributed by atoms with van der Waals surface area (Å²) in [6.45, 7) is 5.22. The lowest BCUT2D eigenvalue weighted by molar-refractivity contribution is 0.571. The molecule has 1 N–H and O–H groups in total. The molecule has 1 heterocycles. The second-order valence-corrected chi connectivity index (χ2v) is 4.41. The number of aryl methyl sites for hydroxylation is 1. The van der Waals surface area contributed by atoms with Gasteiger partial charge in [-0.1, -0.05) is 36.8 Å². The maximum absolute atomic E-state index is 4.36. The van der Waals surface area contributed by atoms with Crippen molar-refractivity contribution in [1.29, 1.82) is 0 Å². The summed E-state index contributed by atoms with van der Waals surface area (Å²) in [6, 6.07) is 10.4. The fraction of sp³-hybridized carbons (Fsp3) is 0.333. The van der Waals surface area contributed by atoms with Crippen LogP contribution in [0.15, 0.2) is 42.7 Å². The van der Waals surface area contributed by atoms with Gasteiger partial charge in [0, 0.05) is 12.4 Å². The zero-order valence-electron chi connectivity index (χ0n) is 10.9. The van der Waals surface area contributed by atoms with Gasteiger partial charge in [0.1, 0.15) is 5.82 Å². The van der Waals surface area contributed by atoms with Crippen LogP contribution in [0.4, 0.5) is 0 Å². The van der Waals surface area contributed by atoms with E-state index in [1.807, 2.05) is 6.07 Å². The summed E-state index contributed by atoms with van der Waals surface area (Å²) in [5, 5.41) is 3.50. The first kappa shape index (κ1) is 12.7. The minimum atomic E-state index is 0.0750. The third-order valence-electron chi connectivity index (χ3n) is 2.82. The molecule has 1 unspecified atom stereocenters. The summed E-state index contributed by atoms with van der Waals surface area (Å²) in [7, 11) is 0. The maximum Gasteiger partial charge on any atom is 0.149 e. The second kappa shape index (κ2) is 6.26. The van der Waals surface area contributed by atoms with Crippen molar-refractivity contribution < 1.29 is 0 Å². The van der Waals surface area contributed by atoms with Crippen LogP contribution < -0.4 is 5.32 Å². The van der Waals surface area contributed by atoms with Crippen molar-refractivity contribution in [3.63, 3.8) is 0 Å². The molecular formula is C15H19N3. The van der Waals surface area contributed by atoms with Gasteiger partial charge in [-0.2, -0.15) is 0 Å². The summed E-state index contributed by atoms with van der Waals surface area (Å²) in [6.07, 6.45) is 4.67. The molecule has 0 aliphatic heterocycles. The molecule has 2 rings (SSSR count). The smallest absolute Gasteiger partial charge is 0.149 e. The number of rotatable bonds is 5. The minimum Gasteiger partial charge on any atom is -0.304 e. The van der Waals surface area contributed by atoms with Gasteiger partial charge >= 0.3 is 0 Å². The molecule has 0 saturated heterocycles. The Kier molecular flexibility index (Phi) is 4.42. The van der Waals surface area contributed by atoms with Gasteiger partial charge in [-0.3, -0.25) is 0 Å². The van der Waals surface area contributed by atoms with E-state index in [1.165, 1.54) is 11.1 Å². The van der Waals surface area contributed by atoms with E-state index in [0.717, 1.165) is 18.8 Å². The van der Waals surface area contributed by atoms with Crippen molar-refractivity contribution in [3.05, 3.63) is 59.7 Å². The molecule has 0 fully saturated rings. The van der Waals surface area contributed by atoms with Crippen molar-refractivity contribution in [1.82, 2.24) is 15.3 Å². The first-order valence-electron chi connectivity index (χ1n) is 6.38. The zero-order valence-corrected chi connectivity index (χ0v) is 10.9. The van der Waals surface area contributed by atoms with Crippen molar-refractivity contribution in [3.8, 4) is 0 Å². The Morgan fingerprint density at radius 2 is 1.94 bits per heavy atom. The highest BCUT2D eigenvalue weighted by atomic mass is 15.0. The van der Waals surface area contributed by atoms with Gasteiger partial charge in [0.25, 0.3) is 0 Å². The van der Waals surface area contributed by atoms with Crippen LogP contribution in [0.1, 0.15) is 36.3 Å². The molecule has 1 aromatic heterocycles. The molecular weight excluding hydrogens is 222 g/mol. The predicted molar refractivity (Wildman–Crippen MR) is 73.3 cm³/mol. The number of aromatic nitrogens is 2. The van der Waals surface area contributed by atoms with Gasteiger partial charge in [-0.25, -0.2) is 9.97 Å². The standard InChI is InChI=1S/C15H19N3/c1-3-8-16-14(15-17-9-5-10-18-15)13-7-4-6-12(2)11-13/h4-7,9-11,14,16H,3,8H2,1-2H3. The van der Waals surface area contributed by atoms with Crippen molar-refractivity contribution in [2.24, 2.45) is 0 Å². The summed E-state index contributed by atoms with van der Waals surface area (Å²) in [5.74, 6) is 0.830. The van der Waals surface area contributed by atoms with Gasteiger partial charge in [0.15, 0.2) is 0 Å². The average molecular weight is 241 g/mol. The van der Waals surface area contributed by atoms with Gasteiger partial charge in [0.2, 0.25) is 0 Å². The van der Waals surface area contributed by atoms with Gasteiger partial charge in [-0.15, -0.1) is 0 Å². The van der Waals surface area contributed by atoms with Crippen LogP contribution in [0.25, 0.3) is 0 Å². The monoisotopic (exact) mass is 241 g/mol. The lowest BCUT2D eigenvalue weighted by atomic mass is 10.0. The third kappa shape index (κ3) is 3.14. The number of nitrogens with one attached hydrogen (secondary N) is 1. The van der Waals surface area contributed by atoms with Gasteiger partial charge < -0.3 is 5.32 Å². The Balaban J connectivity index is 2.31. The third-order valence-corrected chi connectivity index (χ3v) is 2.82. The normalized spacial score (nSPS) is 12.3. The van der Waals surface area contributed by atoms with Crippen LogP contribution in [0.3, 0.4) is 0 Å². The highest BCUT2D eigenvalue weighted by molar-refractivity contribution is 5.28. The predicted octanol–water partition coefficient (Wildman–Crippen LogP) is 2.87. The Morgan fingerprint density at radius 3 is 2.61 bits per heavy atom. The number of benzene rings is 1. The molecule has 18 heavy (non-hydrogen) atoms. The Morgan fingerprint density at radius 1 is 1.17 bits per heavy atom. The summed E-state index contributed by atoms with van der Waals surface area (Å²) >= 11 is 0. The summed E-state index contributed by atoms with van der Waals surface area (Å²) in [5.41, 5.74) is 2.47. The lowest BCUT2D eigenvalue weighted by Crippen LogP contribution is -2.25. The van der Waals surface area contributed by atoms with E-state index < -0.39 is 0 Å². The van der Waals surface area contributed by atoms with Crippen molar-refractivity contribution in [2.75, 3.05) is 6.54 Å². The molecule has 0 bridgehead atoms. The van der Waals surface area contributed by atoms with Crippen LogP contribution >= 0.6 is 0 Å². The SMILES string of the molecule is CCCNC(c1cccc(C)c1)c1ncccn1. The largest absolute Gasteiger partial charge is 0.304 e. The summed E-state index contributed by atoms with van der Waals surface area (Å²) < 4.78 is 0. The molecule has 0 aliphatic carbocycles. The van der Waals surface area contributed by atoms with E-state index in [2.05, 4.69) is 53.4 Å². The molecule has 2 aromatic rings. The first-order chi connectivity index (χ1) is 8.81. The highest BCUT2D eigenvalue weighted by Crippen LogP contribution is 2.19. The molecule has 94 valence electrons. The quantitative estimate of drug-likeness (QED) is 0.874. The molecule has 0 saturated carbocycles. The fourth-order valence-corrected chi connectivity index (χ4v) is 1.96. The molecule has 1 atom stereocenters. The average Bonchev–Trinajstić information content (AvgIpc) is 2.40. The minimum absolute atomic E-state index is 0.0750. The van der Waals surface area contributed by atoms with Crippen LogP contribution in [-0.2, 0) is 0 Å². The number of hydrogen-bond donors (Lipinski definition) is 1. The molecule has 3 heteroatoms. The maximum atomic E-state index is 4.36. The molecule has 1 aromatic carbocycles. The van der Waals surface area contributed by atoms with E-state index in [9.17, 15) is 0 Å². The Hall–Kier alpha value is -1.74. The second-order valence-electron chi connectivity index (χ2n) is 4.41. The zero-order chi connectivity index (χ0) is 12.8. The topological polar surface area (TPSA) is 37.8 Å². The van der Waals surface area contributed by atoms with E-state index >= 15 is 0 Å². The molecule has 0 radical (unpaired) electrons. The number of nitrogens with zero attached hydrogens (tertiary/aromatic N) is 2. The number of hydrogen-bond acceptors (Lipinski definition) is 3. The van der Waals surface area contributed by atoms with E-state index in [0.29, 0.717) is 0 Å².